The topological polar surface area (TPSA) is 82.1 Å². The second-order valence-electron chi connectivity index (χ2n) is 6.46. The van der Waals surface area contributed by atoms with Crippen LogP contribution >= 0.6 is 0 Å². The summed E-state index contributed by atoms with van der Waals surface area (Å²) >= 11 is 0. The Morgan fingerprint density at radius 1 is 1.35 bits per heavy atom. The normalized spacial score (nSPS) is 25.6. The fourth-order valence-electron chi connectivity index (χ4n) is 2.44. The number of rotatable bonds is 2. The van der Waals surface area contributed by atoms with Gasteiger partial charge in [0.05, 0.1) is 26.0 Å². The monoisotopic (exact) mass is 307 g/mol. The fraction of sp³-hybridized carbons (Fsp3) is 0.917. The van der Waals surface area contributed by atoms with Crippen molar-refractivity contribution < 1.29 is 26.9 Å². The highest BCUT2D eigenvalue weighted by molar-refractivity contribution is 7.86. The van der Waals surface area contributed by atoms with Gasteiger partial charge in [-0.3, -0.25) is 4.18 Å². The molecule has 0 radical (unpaired) electrons. The SMILES string of the molecule is CC(C)(C)OC(=O)N1CC2(C[C@H](OS(C)(=O)=O)CO2)C1. The van der Waals surface area contributed by atoms with Gasteiger partial charge in [0.1, 0.15) is 17.3 Å². The molecule has 1 atom stereocenters. The first-order chi connectivity index (χ1) is 8.98. The van der Waals surface area contributed by atoms with Crippen molar-refractivity contribution in [1.29, 1.82) is 0 Å². The predicted molar refractivity (Wildman–Crippen MR) is 70.8 cm³/mol. The van der Waals surface area contributed by atoms with Gasteiger partial charge >= 0.3 is 6.09 Å². The number of hydrogen-bond acceptors (Lipinski definition) is 6. The van der Waals surface area contributed by atoms with Gasteiger partial charge in [0.2, 0.25) is 0 Å². The molecule has 2 saturated heterocycles. The van der Waals surface area contributed by atoms with Gasteiger partial charge in [-0.25, -0.2) is 4.79 Å². The molecular weight excluding hydrogens is 286 g/mol. The number of hydrogen-bond donors (Lipinski definition) is 0. The van der Waals surface area contributed by atoms with Gasteiger partial charge < -0.3 is 14.4 Å². The minimum Gasteiger partial charge on any atom is -0.444 e. The second-order valence-corrected chi connectivity index (χ2v) is 8.06. The minimum atomic E-state index is -3.48. The van der Waals surface area contributed by atoms with Crippen LogP contribution in [0.1, 0.15) is 27.2 Å². The first-order valence-corrected chi connectivity index (χ1v) is 8.30. The van der Waals surface area contributed by atoms with Gasteiger partial charge in [-0.05, 0) is 20.8 Å². The van der Waals surface area contributed by atoms with Crippen molar-refractivity contribution in [3.63, 3.8) is 0 Å². The highest BCUT2D eigenvalue weighted by atomic mass is 32.2. The lowest BCUT2D eigenvalue weighted by Crippen LogP contribution is -2.63. The highest BCUT2D eigenvalue weighted by Gasteiger charge is 2.53. The second kappa shape index (κ2) is 4.85. The molecule has 0 saturated carbocycles. The van der Waals surface area contributed by atoms with E-state index < -0.39 is 27.4 Å². The molecule has 0 aliphatic carbocycles. The Morgan fingerprint density at radius 2 is 1.95 bits per heavy atom. The van der Waals surface area contributed by atoms with E-state index in [1.54, 1.807) is 4.90 Å². The maximum atomic E-state index is 11.8. The van der Waals surface area contributed by atoms with Crippen LogP contribution in [0, 0.1) is 0 Å². The van der Waals surface area contributed by atoms with E-state index in [2.05, 4.69) is 0 Å². The Hall–Kier alpha value is -0.860. The molecule has 116 valence electrons. The Balaban J connectivity index is 1.83. The summed E-state index contributed by atoms with van der Waals surface area (Å²) in [5.74, 6) is 0. The van der Waals surface area contributed by atoms with Crippen LogP contribution in [-0.2, 0) is 23.8 Å². The van der Waals surface area contributed by atoms with Crippen LogP contribution in [0.15, 0.2) is 0 Å². The summed E-state index contributed by atoms with van der Waals surface area (Å²) in [6.07, 6.45) is 0.649. The molecule has 0 N–H and O–H groups in total. The van der Waals surface area contributed by atoms with Gasteiger partial charge in [-0.2, -0.15) is 8.42 Å². The van der Waals surface area contributed by atoms with Crippen LogP contribution in [0.4, 0.5) is 4.79 Å². The van der Waals surface area contributed by atoms with E-state index >= 15 is 0 Å². The summed E-state index contributed by atoms with van der Waals surface area (Å²) in [7, 11) is -3.48. The van der Waals surface area contributed by atoms with Crippen molar-refractivity contribution in [2.45, 2.75) is 44.5 Å². The van der Waals surface area contributed by atoms with Gasteiger partial charge in [0.15, 0.2) is 0 Å². The first kappa shape index (κ1) is 15.5. The van der Waals surface area contributed by atoms with E-state index in [1.165, 1.54) is 0 Å². The number of carbonyl (C=O) groups excluding carboxylic acids is 1. The molecule has 0 aromatic heterocycles. The van der Waals surface area contributed by atoms with E-state index in [9.17, 15) is 13.2 Å². The van der Waals surface area contributed by atoms with Gasteiger partial charge in [-0.1, -0.05) is 0 Å². The zero-order valence-corrected chi connectivity index (χ0v) is 13.0. The zero-order valence-electron chi connectivity index (χ0n) is 12.2. The Morgan fingerprint density at radius 3 is 2.45 bits per heavy atom. The molecule has 8 heteroatoms. The summed E-state index contributed by atoms with van der Waals surface area (Å²) in [5, 5.41) is 0. The first-order valence-electron chi connectivity index (χ1n) is 6.48. The molecule has 0 aromatic carbocycles. The Bertz CT molecular complexity index is 489. The van der Waals surface area contributed by atoms with Gasteiger partial charge in [0, 0.05) is 6.42 Å². The van der Waals surface area contributed by atoms with Crippen LogP contribution in [0.5, 0.6) is 0 Å². The van der Waals surface area contributed by atoms with Crippen molar-refractivity contribution in [3.8, 4) is 0 Å². The molecule has 2 aliphatic rings. The largest absolute Gasteiger partial charge is 0.444 e. The van der Waals surface area contributed by atoms with Crippen LogP contribution in [0.3, 0.4) is 0 Å². The Kier molecular flexibility index (Phi) is 3.77. The van der Waals surface area contributed by atoms with Crippen molar-refractivity contribution in [3.05, 3.63) is 0 Å². The summed E-state index contributed by atoms with van der Waals surface area (Å²) in [6.45, 7) is 6.47. The third-order valence-electron chi connectivity index (χ3n) is 3.10. The molecule has 2 rings (SSSR count). The fourth-order valence-corrected chi connectivity index (χ4v) is 3.05. The average molecular weight is 307 g/mol. The molecule has 0 bridgehead atoms. The average Bonchev–Trinajstić information content (AvgIpc) is 2.53. The number of carbonyl (C=O) groups is 1. The van der Waals surface area contributed by atoms with Crippen LogP contribution in [0.2, 0.25) is 0 Å². The summed E-state index contributed by atoms with van der Waals surface area (Å²) in [4.78, 5) is 13.4. The maximum Gasteiger partial charge on any atom is 0.410 e. The summed E-state index contributed by atoms with van der Waals surface area (Å²) < 4.78 is 37.9. The molecule has 1 amide bonds. The van der Waals surface area contributed by atoms with Crippen molar-refractivity contribution in [2.75, 3.05) is 26.0 Å². The molecule has 1 spiro atoms. The molecule has 20 heavy (non-hydrogen) atoms. The molecule has 2 aliphatic heterocycles. The predicted octanol–water partition coefficient (Wildman–Crippen LogP) is 0.741. The highest BCUT2D eigenvalue weighted by Crippen LogP contribution is 2.37. The van der Waals surface area contributed by atoms with Gasteiger partial charge in [-0.15, -0.1) is 0 Å². The van der Waals surface area contributed by atoms with Crippen LogP contribution < -0.4 is 0 Å². The lowest BCUT2D eigenvalue weighted by atomic mass is 9.91. The lowest BCUT2D eigenvalue weighted by molar-refractivity contribution is -0.109. The smallest absolute Gasteiger partial charge is 0.410 e. The third kappa shape index (κ3) is 3.83. The molecular formula is C12H21NO6S. The number of amides is 1. The molecule has 0 aromatic rings. The molecule has 2 heterocycles. The van der Waals surface area contributed by atoms with Crippen molar-refractivity contribution in [1.82, 2.24) is 4.90 Å². The van der Waals surface area contributed by atoms with Crippen LogP contribution in [0.25, 0.3) is 0 Å². The van der Waals surface area contributed by atoms with E-state index in [1.807, 2.05) is 20.8 Å². The van der Waals surface area contributed by atoms with Crippen LogP contribution in [-0.4, -0.2) is 62.7 Å². The third-order valence-corrected chi connectivity index (χ3v) is 3.72. The van der Waals surface area contributed by atoms with Crippen molar-refractivity contribution in [2.24, 2.45) is 0 Å². The quantitative estimate of drug-likeness (QED) is 0.700. The summed E-state index contributed by atoms with van der Waals surface area (Å²) in [6, 6.07) is 0. The van der Waals surface area contributed by atoms with E-state index in [0.717, 1.165) is 6.26 Å². The maximum absolute atomic E-state index is 11.8. The lowest BCUT2D eigenvalue weighted by Gasteiger charge is -2.46. The minimum absolute atomic E-state index is 0.231. The van der Waals surface area contributed by atoms with E-state index in [0.29, 0.717) is 19.5 Å². The standard InChI is InChI=1S/C12H21NO6S/c1-11(2,3)18-10(14)13-7-12(8-13)5-9(6-17-12)19-20(4,15)16/h9H,5-8H2,1-4H3/t9-/m0/s1. The van der Waals surface area contributed by atoms with E-state index in [4.69, 9.17) is 13.7 Å². The molecule has 2 fully saturated rings. The van der Waals surface area contributed by atoms with E-state index in [-0.39, 0.29) is 12.7 Å². The Labute approximate surface area is 119 Å². The number of ether oxygens (including phenoxy) is 2. The van der Waals surface area contributed by atoms with Gasteiger partial charge in [0.25, 0.3) is 10.1 Å². The molecule has 7 nitrogen and oxygen atoms in total. The molecule has 0 unspecified atom stereocenters. The number of nitrogens with zero attached hydrogens (tertiary/aromatic N) is 1. The number of likely N-dealkylation sites (tertiary alicyclic amines) is 1. The summed E-state index contributed by atoms with van der Waals surface area (Å²) in [5.41, 5.74) is -1.01. The zero-order chi connectivity index (χ0) is 15.2. The van der Waals surface area contributed by atoms with Crippen molar-refractivity contribution >= 4 is 16.2 Å².